The van der Waals surface area contributed by atoms with E-state index in [1.54, 1.807) is 14.0 Å². The summed E-state index contributed by atoms with van der Waals surface area (Å²) in [7, 11) is 1.74. The quantitative estimate of drug-likeness (QED) is 0.251. The number of nitrogens with one attached hydrogen (secondary N) is 2. The Morgan fingerprint density at radius 1 is 1.00 bits per heavy atom. The van der Waals surface area contributed by atoms with Gasteiger partial charge in [-0.15, -0.1) is 0 Å². The molecular formula is C32H51N5O6. The molecular weight excluding hydrogens is 550 g/mol. The molecule has 4 rings (SSSR count). The van der Waals surface area contributed by atoms with Crippen LogP contribution < -0.4 is 21.2 Å². The predicted molar refractivity (Wildman–Crippen MR) is 164 cm³/mol. The summed E-state index contributed by atoms with van der Waals surface area (Å²) in [6.07, 6.45) is 10.1. The van der Waals surface area contributed by atoms with Gasteiger partial charge in [-0.25, -0.2) is 0 Å². The predicted octanol–water partition coefficient (Wildman–Crippen LogP) is -0.253. The number of likely N-dealkylation sites (N-methyl/N-ethyl adjacent to an activating group) is 1. The maximum atomic E-state index is 13.7. The lowest BCUT2D eigenvalue weighted by atomic mass is 9.83. The second-order valence-electron chi connectivity index (χ2n) is 12.0. The van der Waals surface area contributed by atoms with Crippen molar-refractivity contribution in [2.75, 3.05) is 66.3 Å². The Bertz CT molecular complexity index is 1200. The van der Waals surface area contributed by atoms with Crippen LogP contribution in [0, 0.1) is 18.8 Å². The van der Waals surface area contributed by atoms with Crippen LogP contribution in [0.25, 0.3) is 12.2 Å². The van der Waals surface area contributed by atoms with Crippen molar-refractivity contribution in [2.24, 2.45) is 11.8 Å². The van der Waals surface area contributed by atoms with Crippen LogP contribution >= 0.6 is 0 Å². The number of fused-ring (bicyclic) bond motifs is 1. The van der Waals surface area contributed by atoms with Crippen LogP contribution in [0.2, 0.25) is 0 Å². The van der Waals surface area contributed by atoms with Crippen molar-refractivity contribution in [2.45, 2.75) is 71.0 Å². The van der Waals surface area contributed by atoms with E-state index in [0.29, 0.717) is 59.0 Å². The van der Waals surface area contributed by atoms with Gasteiger partial charge in [-0.3, -0.25) is 14.4 Å². The normalized spacial score (nSPS) is 20.5. The van der Waals surface area contributed by atoms with E-state index in [0.717, 1.165) is 48.5 Å². The van der Waals surface area contributed by atoms with Crippen LogP contribution in [0.1, 0.15) is 51.1 Å². The highest BCUT2D eigenvalue weighted by molar-refractivity contribution is 5.90. The Balaban J connectivity index is 1.32. The number of piperazine rings is 1. The third-order valence-electron chi connectivity index (χ3n) is 9.12. The van der Waals surface area contributed by atoms with E-state index in [4.69, 9.17) is 14.6 Å². The maximum absolute atomic E-state index is 13.7. The lowest BCUT2D eigenvalue weighted by molar-refractivity contribution is -0.144. The molecule has 3 atom stereocenters. The van der Waals surface area contributed by atoms with Gasteiger partial charge in [0.1, 0.15) is 6.04 Å². The molecule has 1 aromatic heterocycles. The molecule has 240 valence electrons. The van der Waals surface area contributed by atoms with Crippen LogP contribution in [0.5, 0.6) is 0 Å². The van der Waals surface area contributed by atoms with Gasteiger partial charge in [0.25, 0.3) is 0 Å². The summed E-state index contributed by atoms with van der Waals surface area (Å²) in [6.45, 7) is 8.39. The van der Waals surface area contributed by atoms with Crippen LogP contribution in [0.3, 0.4) is 0 Å². The molecule has 11 heteroatoms. The number of amides is 3. The first-order chi connectivity index (χ1) is 20.8. The number of rotatable bonds is 14. The van der Waals surface area contributed by atoms with Crippen molar-refractivity contribution < 1.29 is 29.0 Å². The van der Waals surface area contributed by atoms with Gasteiger partial charge in [0.15, 0.2) is 0 Å². The van der Waals surface area contributed by atoms with E-state index in [1.807, 2.05) is 9.80 Å². The standard InChI is InChI=1S/C32H51N5O6/c1-23-21-27-22-26(9-10-28(27)37(23)15-17-42-19-20-43-18-16-38)31(40)35-11-13-36(14-12-35)32(41)29(25-7-5-4-6-8-25)34-30(39)24(2)33-3/h10,21-22,24-26,29,33,38H,4-9,11-20H2,1-3H3,(H,34,39)/t24-,26?,29-/m0/s1. The first kappa shape index (κ1) is 33.2. The molecule has 1 aliphatic heterocycles. The third-order valence-corrected chi connectivity index (χ3v) is 9.12. The molecule has 3 N–H and O–H groups in total. The van der Waals surface area contributed by atoms with E-state index in [-0.39, 0.29) is 42.2 Å². The number of aromatic nitrogens is 1. The molecule has 0 spiro atoms. The average Bonchev–Trinajstić information content (AvgIpc) is 3.36. The number of carbonyl (C=O) groups is 3. The van der Waals surface area contributed by atoms with Gasteiger partial charge in [0.05, 0.1) is 45.0 Å². The molecule has 1 aromatic rings. The number of aliphatic hydroxyl groups excluding tert-OH is 1. The highest BCUT2D eigenvalue weighted by atomic mass is 16.5. The number of nitrogens with zero attached hydrogens (tertiary/aromatic N) is 3. The van der Waals surface area contributed by atoms with Crippen molar-refractivity contribution >= 4 is 29.9 Å². The van der Waals surface area contributed by atoms with E-state index in [1.165, 1.54) is 6.42 Å². The second-order valence-corrected chi connectivity index (χ2v) is 12.0. The first-order valence-corrected chi connectivity index (χ1v) is 16.0. The Morgan fingerprint density at radius 2 is 1.67 bits per heavy atom. The van der Waals surface area contributed by atoms with Gasteiger partial charge in [0.2, 0.25) is 17.7 Å². The van der Waals surface area contributed by atoms with Gasteiger partial charge in [0, 0.05) is 43.8 Å². The number of ether oxygens (including phenoxy) is 2. The minimum Gasteiger partial charge on any atom is -0.394 e. The molecule has 11 nitrogen and oxygen atoms in total. The number of hydrogen-bond donors (Lipinski definition) is 3. The average molecular weight is 602 g/mol. The molecule has 43 heavy (non-hydrogen) atoms. The number of hydrogen-bond acceptors (Lipinski definition) is 7. The summed E-state index contributed by atoms with van der Waals surface area (Å²) >= 11 is 0. The van der Waals surface area contributed by atoms with Crippen molar-refractivity contribution in [3.63, 3.8) is 0 Å². The molecule has 0 aromatic carbocycles. The Morgan fingerprint density at radius 3 is 2.35 bits per heavy atom. The van der Waals surface area contributed by atoms with Crippen LogP contribution in [-0.4, -0.2) is 116 Å². The fourth-order valence-electron chi connectivity index (χ4n) is 6.46. The Labute approximate surface area is 255 Å². The molecule has 2 fully saturated rings. The Kier molecular flexibility index (Phi) is 12.6. The molecule has 3 amide bonds. The highest BCUT2D eigenvalue weighted by Gasteiger charge is 2.36. The first-order valence-electron chi connectivity index (χ1n) is 16.0. The minimum atomic E-state index is -0.511. The lowest BCUT2D eigenvalue weighted by Gasteiger charge is -2.39. The largest absolute Gasteiger partial charge is 0.394 e. The summed E-state index contributed by atoms with van der Waals surface area (Å²) < 4.78 is 13.1. The van der Waals surface area contributed by atoms with Crippen molar-refractivity contribution in [1.29, 1.82) is 0 Å². The molecule has 2 aliphatic carbocycles. The van der Waals surface area contributed by atoms with Crippen molar-refractivity contribution in [1.82, 2.24) is 25.0 Å². The third kappa shape index (κ3) is 8.68. The van der Waals surface area contributed by atoms with Gasteiger partial charge in [-0.05, 0) is 57.4 Å². The van der Waals surface area contributed by atoms with Gasteiger partial charge in [-0.2, -0.15) is 0 Å². The zero-order chi connectivity index (χ0) is 30.8. The van der Waals surface area contributed by atoms with E-state index >= 15 is 0 Å². The summed E-state index contributed by atoms with van der Waals surface area (Å²) in [5, 5.41) is 17.0. The number of aliphatic hydroxyl groups is 1. The topological polar surface area (TPSA) is 125 Å². The van der Waals surface area contributed by atoms with E-state index < -0.39 is 6.04 Å². The Hall–Kier alpha value is -2.73. The molecule has 3 aliphatic rings. The zero-order valence-electron chi connectivity index (χ0n) is 26.2. The fourth-order valence-corrected chi connectivity index (χ4v) is 6.46. The fraction of sp³-hybridized carbons (Fsp3) is 0.719. The molecule has 1 saturated carbocycles. The smallest absolute Gasteiger partial charge is 0.245 e. The molecule has 1 saturated heterocycles. The van der Waals surface area contributed by atoms with E-state index in [2.05, 4.69) is 40.3 Å². The lowest BCUT2D eigenvalue weighted by Crippen LogP contribution is -2.59. The highest BCUT2D eigenvalue weighted by Crippen LogP contribution is 2.28. The van der Waals surface area contributed by atoms with Gasteiger partial charge in [-0.1, -0.05) is 31.4 Å². The summed E-state index contributed by atoms with van der Waals surface area (Å²) in [5.74, 6) is -0.128. The van der Waals surface area contributed by atoms with Crippen molar-refractivity contribution in [3.8, 4) is 0 Å². The van der Waals surface area contributed by atoms with Crippen molar-refractivity contribution in [3.05, 3.63) is 22.3 Å². The summed E-state index contributed by atoms with van der Waals surface area (Å²) in [4.78, 5) is 43.7. The maximum Gasteiger partial charge on any atom is 0.245 e. The van der Waals surface area contributed by atoms with Crippen LogP contribution in [0.4, 0.5) is 0 Å². The molecule has 2 heterocycles. The summed E-state index contributed by atoms with van der Waals surface area (Å²) in [6, 6.07) is 1.25. The van der Waals surface area contributed by atoms with Gasteiger partial charge < -0.3 is 39.6 Å². The molecule has 0 radical (unpaired) electrons. The van der Waals surface area contributed by atoms with Crippen LogP contribution in [-0.2, 0) is 30.4 Å². The van der Waals surface area contributed by atoms with Gasteiger partial charge >= 0.3 is 0 Å². The molecule has 1 unspecified atom stereocenters. The van der Waals surface area contributed by atoms with Crippen LogP contribution in [0.15, 0.2) is 6.07 Å². The molecule has 0 bridgehead atoms. The SMILES string of the molecule is CN[C@@H](C)C(=O)N[C@H](C(=O)N1CCN(C(=O)C2C=c3cc(C)n(CCOCCOCCO)c3=CC2)CC1)C1CCCCC1. The number of carbonyl (C=O) groups excluding carboxylic acids is 3. The zero-order valence-corrected chi connectivity index (χ0v) is 26.2. The second kappa shape index (κ2) is 16.4. The van der Waals surface area contributed by atoms with E-state index in [9.17, 15) is 14.4 Å². The monoisotopic (exact) mass is 601 g/mol. The minimum absolute atomic E-state index is 0.0129. The number of aryl methyl sites for hydroxylation is 1. The summed E-state index contributed by atoms with van der Waals surface area (Å²) in [5.41, 5.74) is 1.13.